The van der Waals surface area contributed by atoms with Gasteiger partial charge in [0.2, 0.25) is 10.0 Å². The molecule has 8 heteroatoms. The van der Waals surface area contributed by atoms with Gasteiger partial charge in [0.25, 0.3) is 0 Å². The Morgan fingerprint density at radius 1 is 0.970 bits per heavy atom. The summed E-state index contributed by atoms with van der Waals surface area (Å²) in [7, 11) is -3.68. The standard InChI is InChI=1S/C25H27FN2O4S/c26-23-11-13-24(14-12-23)33(31,32)28-17-2-1-4-19(10-15-25(29)30)20-6-8-21(9-7-20)22-5-3-16-27-18-22/h3,5-9,11-14,16,18-19,28H,1-2,4,10,15,17H2,(H,29,30). The van der Waals surface area contributed by atoms with Crippen molar-refractivity contribution >= 4 is 16.0 Å². The Kier molecular flexibility index (Phi) is 8.68. The van der Waals surface area contributed by atoms with Crippen LogP contribution in [-0.4, -0.2) is 31.0 Å². The second-order valence-electron chi connectivity index (χ2n) is 7.84. The highest BCUT2D eigenvalue weighted by Gasteiger charge is 2.16. The summed E-state index contributed by atoms with van der Waals surface area (Å²) in [5, 5.41) is 9.12. The molecule has 1 unspecified atom stereocenters. The number of nitrogens with one attached hydrogen (secondary N) is 1. The molecule has 0 radical (unpaired) electrons. The molecule has 0 saturated heterocycles. The van der Waals surface area contributed by atoms with E-state index >= 15 is 0 Å². The molecule has 2 N–H and O–H groups in total. The number of carboxylic acid groups (broad SMARTS) is 1. The van der Waals surface area contributed by atoms with Gasteiger partial charge < -0.3 is 5.11 Å². The van der Waals surface area contributed by atoms with Crippen LogP contribution in [0.3, 0.4) is 0 Å². The number of hydrogen-bond donors (Lipinski definition) is 2. The van der Waals surface area contributed by atoms with Gasteiger partial charge in [-0.3, -0.25) is 9.78 Å². The molecule has 174 valence electrons. The van der Waals surface area contributed by atoms with E-state index in [1.807, 2.05) is 36.4 Å². The highest BCUT2D eigenvalue weighted by atomic mass is 32.2. The van der Waals surface area contributed by atoms with Crippen LogP contribution in [0.25, 0.3) is 11.1 Å². The van der Waals surface area contributed by atoms with E-state index in [1.54, 1.807) is 12.4 Å². The van der Waals surface area contributed by atoms with Gasteiger partial charge in [0.1, 0.15) is 5.82 Å². The van der Waals surface area contributed by atoms with Gasteiger partial charge in [-0.2, -0.15) is 0 Å². The molecule has 3 rings (SSSR count). The first kappa shape index (κ1) is 24.5. The highest BCUT2D eigenvalue weighted by Crippen LogP contribution is 2.29. The van der Waals surface area contributed by atoms with Gasteiger partial charge in [0, 0.05) is 25.4 Å². The van der Waals surface area contributed by atoms with Crippen molar-refractivity contribution in [3.05, 3.63) is 84.4 Å². The minimum absolute atomic E-state index is 0.0249. The monoisotopic (exact) mass is 470 g/mol. The third-order valence-electron chi connectivity index (χ3n) is 5.48. The predicted molar refractivity (Wildman–Crippen MR) is 125 cm³/mol. The molecule has 1 heterocycles. The van der Waals surface area contributed by atoms with Crippen molar-refractivity contribution in [2.75, 3.05) is 6.54 Å². The normalized spacial score (nSPS) is 12.4. The number of aromatic nitrogens is 1. The molecular weight excluding hydrogens is 443 g/mol. The fraction of sp³-hybridized carbons (Fsp3) is 0.280. The highest BCUT2D eigenvalue weighted by molar-refractivity contribution is 7.89. The molecule has 0 saturated carbocycles. The first-order chi connectivity index (χ1) is 15.8. The lowest BCUT2D eigenvalue weighted by atomic mass is 9.88. The molecular formula is C25H27FN2O4S. The molecule has 0 spiro atoms. The number of unbranched alkanes of at least 4 members (excludes halogenated alkanes) is 1. The number of rotatable bonds is 12. The number of sulfonamides is 1. The fourth-order valence-electron chi connectivity index (χ4n) is 3.68. The van der Waals surface area contributed by atoms with Gasteiger partial charge in [-0.15, -0.1) is 0 Å². The maximum atomic E-state index is 13.0. The number of carboxylic acids is 1. The number of nitrogens with zero attached hydrogens (tertiary/aromatic N) is 1. The lowest BCUT2D eigenvalue weighted by Crippen LogP contribution is -2.24. The van der Waals surface area contributed by atoms with E-state index in [0.29, 0.717) is 12.8 Å². The summed E-state index contributed by atoms with van der Waals surface area (Å²) >= 11 is 0. The Balaban J connectivity index is 1.55. The van der Waals surface area contributed by atoms with Gasteiger partial charge in [0.05, 0.1) is 4.90 Å². The van der Waals surface area contributed by atoms with Gasteiger partial charge in [-0.25, -0.2) is 17.5 Å². The van der Waals surface area contributed by atoms with Crippen LogP contribution in [0.5, 0.6) is 0 Å². The van der Waals surface area contributed by atoms with E-state index in [4.69, 9.17) is 5.11 Å². The minimum atomic E-state index is -3.68. The van der Waals surface area contributed by atoms with E-state index in [1.165, 1.54) is 12.1 Å². The molecule has 2 aromatic carbocycles. The Morgan fingerprint density at radius 3 is 2.33 bits per heavy atom. The minimum Gasteiger partial charge on any atom is -0.481 e. The van der Waals surface area contributed by atoms with Crippen molar-refractivity contribution in [2.24, 2.45) is 0 Å². The second-order valence-corrected chi connectivity index (χ2v) is 9.61. The number of halogens is 1. The Morgan fingerprint density at radius 2 is 1.70 bits per heavy atom. The van der Waals surface area contributed by atoms with Crippen molar-refractivity contribution in [1.29, 1.82) is 0 Å². The van der Waals surface area contributed by atoms with E-state index in [2.05, 4.69) is 9.71 Å². The smallest absolute Gasteiger partial charge is 0.303 e. The molecule has 6 nitrogen and oxygen atoms in total. The van der Waals surface area contributed by atoms with Crippen LogP contribution in [0, 0.1) is 5.82 Å². The summed E-state index contributed by atoms with van der Waals surface area (Å²) in [4.78, 5) is 15.3. The van der Waals surface area contributed by atoms with E-state index in [9.17, 15) is 17.6 Å². The van der Waals surface area contributed by atoms with Gasteiger partial charge >= 0.3 is 5.97 Å². The summed E-state index contributed by atoms with van der Waals surface area (Å²) in [6.45, 7) is 0.255. The zero-order chi connectivity index (χ0) is 23.7. The second kappa shape index (κ2) is 11.7. The van der Waals surface area contributed by atoms with E-state index in [0.717, 1.165) is 41.7 Å². The van der Waals surface area contributed by atoms with Crippen LogP contribution < -0.4 is 4.72 Å². The topological polar surface area (TPSA) is 96.4 Å². The van der Waals surface area contributed by atoms with Crippen LogP contribution in [-0.2, 0) is 14.8 Å². The van der Waals surface area contributed by atoms with Crippen molar-refractivity contribution < 1.29 is 22.7 Å². The Hall–Kier alpha value is -3.10. The lowest BCUT2D eigenvalue weighted by molar-refractivity contribution is -0.137. The van der Waals surface area contributed by atoms with E-state index in [-0.39, 0.29) is 23.8 Å². The average molecular weight is 471 g/mol. The molecule has 3 aromatic rings. The molecule has 33 heavy (non-hydrogen) atoms. The lowest BCUT2D eigenvalue weighted by Gasteiger charge is -2.17. The van der Waals surface area contributed by atoms with Gasteiger partial charge in [0.15, 0.2) is 0 Å². The molecule has 0 bridgehead atoms. The number of aliphatic carboxylic acids is 1. The van der Waals surface area contributed by atoms with E-state index < -0.39 is 21.8 Å². The SMILES string of the molecule is O=C(O)CCC(CCCCNS(=O)(=O)c1ccc(F)cc1)c1ccc(-c2cccnc2)cc1. The zero-order valence-electron chi connectivity index (χ0n) is 18.2. The average Bonchev–Trinajstić information content (AvgIpc) is 2.81. The number of carbonyl (C=O) groups is 1. The number of pyridine rings is 1. The number of hydrogen-bond acceptors (Lipinski definition) is 4. The van der Waals surface area contributed by atoms with Crippen LogP contribution in [0.2, 0.25) is 0 Å². The quantitative estimate of drug-likeness (QED) is 0.364. The third kappa shape index (κ3) is 7.47. The zero-order valence-corrected chi connectivity index (χ0v) is 19.0. The molecule has 0 aliphatic carbocycles. The Labute approximate surface area is 193 Å². The predicted octanol–water partition coefficient (Wildman–Crippen LogP) is 4.98. The largest absolute Gasteiger partial charge is 0.481 e. The maximum Gasteiger partial charge on any atom is 0.303 e. The van der Waals surface area contributed by atoms with Gasteiger partial charge in [-0.05, 0) is 72.2 Å². The molecule has 1 aromatic heterocycles. The third-order valence-corrected chi connectivity index (χ3v) is 6.96. The molecule has 0 amide bonds. The summed E-state index contributed by atoms with van der Waals surface area (Å²) in [5.74, 6) is -1.26. The van der Waals surface area contributed by atoms with Crippen molar-refractivity contribution in [2.45, 2.75) is 42.9 Å². The summed E-state index contributed by atoms with van der Waals surface area (Å²) in [5.41, 5.74) is 3.12. The van der Waals surface area contributed by atoms with Gasteiger partial charge in [-0.1, -0.05) is 36.8 Å². The molecule has 0 aliphatic rings. The molecule has 0 aliphatic heterocycles. The number of benzene rings is 2. The van der Waals surface area contributed by atoms with Crippen LogP contribution in [0.4, 0.5) is 4.39 Å². The molecule has 0 fully saturated rings. The van der Waals surface area contributed by atoms with Crippen molar-refractivity contribution in [3.8, 4) is 11.1 Å². The first-order valence-corrected chi connectivity index (χ1v) is 12.3. The summed E-state index contributed by atoms with van der Waals surface area (Å²) < 4.78 is 40.1. The van der Waals surface area contributed by atoms with Crippen molar-refractivity contribution in [3.63, 3.8) is 0 Å². The van der Waals surface area contributed by atoms with Crippen LogP contribution >= 0.6 is 0 Å². The summed E-state index contributed by atoms with van der Waals surface area (Å²) in [6, 6.07) is 16.6. The van der Waals surface area contributed by atoms with Crippen LogP contribution in [0.15, 0.2) is 78.0 Å². The fourth-order valence-corrected chi connectivity index (χ4v) is 4.75. The maximum absolute atomic E-state index is 13.0. The molecule has 1 atom stereocenters. The van der Waals surface area contributed by atoms with Crippen LogP contribution in [0.1, 0.15) is 43.6 Å². The first-order valence-electron chi connectivity index (χ1n) is 10.8. The Bertz CT molecular complexity index is 1140. The summed E-state index contributed by atoms with van der Waals surface area (Å²) in [6.07, 6.45) is 6.20. The van der Waals surface area contributed by atoms with Crippen molar-refractivity contribution in [1.82, 2.24) is 9.71 Å².